The van der Waals surface area contributed by atoms with Gasteiger partial charge in [-0.15, -0.1) is 10.2 Å². The van der Waals surface area contributed by atoms with Crippen LogP contribution < -0.4 is 10.6 Å². The van der Waals surface area contributed by atoms with E-state index in [2.05, 4.69) is 31.3 Å². The van der Waals surface area contributed by atoms with E-state index in [1.54, 1.807) is 13.8 Å². The van der Waals surface area contributed by atoms with Crippen LogP contribution in [0, 0.1) is 17.8 Å². The van der Waals surface area contributed by atoms with Crippen molar-refractivity contribution in [1.82, 2.24) is 31.3 Å². The molecule has 11 heteroatoms. The van der Waals surface area contributed by atoms with Crippen LogP contribution in [0.5, 0.6) is 0 Å². The molecule has 1 saturated heterocycles. The summed E-state index contributed by atoms with van der Waals surface area (Å²) in [5.41, 5.74) is 0. The van der Waals surface area contributed by atoms with Crippen molar-refractivity contribution < 1.29 is 25.2 Å². The summed E-state index contributed by atoms with van der Waals surface area (Å²) in [6.45, 7) is 5.67. The molecule has 2 heterocycles. The lowest BCUT2D eigenvalue weighted by atomic mass is 9.69. The topological polar surface area (TPSA) is 148 Å². The Balaban J connectivity index is 1.46. The van der Waals surface area contributed by atoms with Gasteiger partial charge in [-0.05, 0) is 70.8 Å². The molecule has 3 N–H and O–H groups in total. The Kier molecular flexibility index (Phi) is 8.62. The second kappa shape index (κ2) is 12.1. The lowest BCUT2D eigenvalue weighted by molar-refractivity contribution is -0.154. The smallest absolute Gasteiger partial charge is 0.328 e. The Labute approximate surface area is 195 Å². The number of piperidine rings is 1. The zero-order valence-corrected chi connectivity index (χ0v) is 19.6. The van der Waals surface area contributed by atoms with Gasteiger partial charge in [0.25, 0.3) is 0 Å². The molecular weight excluding hydrogens is 428 g/mol. The van der Waals surface area contributed by atoms with E-state index < -0.39 is 36.0 Å². The molecule has 0 spiro atoms. The first-order valence-corrected chi connectivity index (χ1v) is 11.8. The average molecular weight is 466 g/mol. The van der Waals surface area contributed by atoms with Gasteiger partial charge in [-0.1, -0.05) is 11.6 Å². The highest BCUT2D eigenvalue weighted by atomic mass is 16.5. The third kappa shape index (κ3) is 7.48. The Bertz CT molecular complexity index is 840. The maximum absolute atomic E-state index is 12.9. The zero-order chi connectivity index (χ0) is 24.7. The van der Waals surface area contributed by atoms with Crippen molar-refractivity contribution >= 4 is 17.8 Å². The summed E-state index contributed by atoms with van der Waals surface area (Å²) in [5, 5.41) is 19.7. The fraction of sp³-hybridized carbons (Fsp3) is 0.818. The molecule has 0 bridgehead atoms. The summed E-state index contributed by atoms with van der Waals surface area (Å²) in [6, 6.07) is -2.31. The number of nitrogens with zero attached hydrogens (tertiary/aromatic N) is 3. The number of hydrogen-bond acceptors (Lipinski definition) is 9. The van der Waals surface area contributed by atoms with E-state index in [9.17, 15) is 14.4 Å². The number of H-pyrrole nitrogens is 1. The number of ether oxygens (including phenoxy) is 2. The first kappa shape index (κ1) is 23.6. The molecule has 1 aliphatic carbocycles. The number of hydrogen-bond donors (Lipinski definition) is 3. The van der Waals surface area contributed by atoms with E-state index in [-0.39, 0.29) is 18.9 Å². The molecule has 1 saturated carbocycles. The van der Waals surface area contributed by atoms with Crippen LogP contribution in [0.2, 0.25) is 0 Å². The summed E-state index contributed by atoms with van der Waals surface area (Å²) in [5.74, 6) is 0.309. The maximum Gasteiger partial charge on any atom is 0.328 e. The highest BCUT2D eigenvalue weighted by molar-refractivity contribution is 5.84. The van der Waals surface area contributed by atoms with Gasteiger partial charge in [0.15, 0.2) is 5.82 Å². The Morgan fingerprint density at radius 1 is 1.24 bits per heavy atom. The molecule has 2 fully saturated rings. The highest BCUT2D eigenvalue weighted by Gasteiger charge is 2.38. The fourth-order valence-corrected chi connectivity index (χ4v) is 4.75. The predicted octanol–water partition coefficient (Wildman–Crippen LogP) is 0.916. The molecule has 33 heavy (non-hydrogen) atoms. The molecule has 1 amide bonds. The van der Waals surface area contributed by atoms with Gasteiger partial charge in [0.05, 0.1) is 14.4 Å². The number of aromatic amines is 1. The van der Waals surface area contributed by atoms with Gasteiger partial charge in [-0.25, -0.2) is 4.79 Å². The quantitative estimate of drug-likeness (QED) is 0.429. The van der Waals surface area contributed by atoms with Crippen LogP contribution in [0.25, 0.3) is 0 Å². The lowest BCUT2D eigenvalue weighted by Crippen LogP contribution is -2.50. The van der Waals surface area contributed by atoms with Gasteiger partial charge in [-0.2, -0.15) is 5.21 Å². The number of esters is 2. The van der Waals surface area contributed by atoms with E-state index in [1.165, 1.54) is 6.92 Å². The minimum Gasteiger partial charge on any atom is -0.464 e. The largest absolute Gasteiger partial charge is 0.464 e. The molecule has 6 atom stereocenters. The van der Waals surface area contributed by atoms with Crippen molar-refractivity contribution in [1.29, 1.82) is 0 Å². The van der Waals surface area contributed by atoms with E-state index >= 15 is 0 Å². The highest BCUT2D eigenvalue weighted by Crippen LogP contribution is 2.40. The average Bonchev–Trinajstić information content (AvgIpc) is 3.31. The van der Waals surface area contributed by atoms with Gasteiger partial charge in [0.2, 0.25) is 5.91 Å². The normalized spacial score (nSPS) is 29.2. The molecule has 1 aliphatic heterocycles. The van der Waals surface area contributed by atoms with E-state index in [1.807, 2.05) is 0 Å². The van der Waals surface area contributed by atoms with E-state index in [0.717, 1.165) is 32.1 Å². The first-order valence-electron chi connectivity index (χ1n) is 12.3. The van der Waals surface area contributed by atoms with Crippen LogP contribution in [-0.4, -0.2) is 69.8 Å². The number of nitrogens with one attached hydrogen (secondary N) is 3. The molecule has 1 aromatic heterocycles. The van der Waals surface area contributed by atoms with Gasteiger partial charge in [0.1, 0.15) is 18.2 Å². The number of rotatable bonds is 10. The minimum absolute atomic E-state index is 0.101. The van der Waals surface area contributed by atoms with E-state index in [0.29, 0.717) is 30.6 Å². The van der Waals surface area contributed by atoms with Crippen molar-refractivity contribution in [2.75, 3.05) is 13.2 Å². The Hall–Kier alpha value is -2.56. The van der Waals surface area contributed by atoms with Crippen LogP contribution in [-0.2, 0) is 30.3 Å². The summed E-state index contributed by atoms with van der Waals surface area (Å²) in [4.78, 5) is 36.7. The van der Waals surface area contributed by atoms with Gasteiger partial charge in [-0.3, -0.25) is 9.59 Å². The Morgan fingerprint density at radius 3 is 2.79 bits per heavy atom. The molecule has 184 valence electrons. The minimum atomic E-state index is -1.53. The van der Waals surface area contributed by atoms with Crippen LogP contribution in [0.1, 0.15) is 66.5 Å². The second-order valence-electron chi connectivity index (χ2n) is 9.09. The number of amides is 1. The van der Waals surface area contributed by atoms with E-state index in [4.69, 9.17) is 10.8 Å². The molecule has 0 unspecified atom stereocenters. The molecule has 0 aromatic carbocycles. The zero-order valence-electron chi connectivity index (χ0n) is 20.6. The maximum atomic E-state index is 12.9. The number of fused-ring (bicyclic) bond motifs is 1. The van der Waals surface area contributed by atoms with Crippen molar-refractivity contribution in [3.8, 4) is 0 Å². The third-order valence-corrected chi connectivity index (χ3v) is 6.50. The van der Waals surface area contributed by atoms with Gasteiger partial charge in [0, 0.05) is 6.42 Å². The molecule has 2 aliphatic rings. The summed E-state index contributed by atoms with van der Waals surface area (Å²) in [7, 11) is 0. The summed E-state index contributed by atoms with van der Waals surface area (Å²) in [6.07, 6.45) is 4.42. The van der Waals surface area contributed by atoms with Crippen molar-refractivity contribution in [3.63, 3.8) is 0 Å². The third-order valence-electron chi connectivity index (χ3n) is 6.50. The predicted molar refractivity (Wildman–Crippen MR) is 118 cm³/mol. The summed E-state index contributed by atoms with van der Waals surface area (Å²) >= 11 is 0. The van der Waals surface area contributed by atoms with Crippen molar-refractivity contribution in [2.24, 2.45) is 17.8 Å². The van der Waals surface area contributed by atoms with Crippen LogP contribution in [0.4, 0.5) is 0 Å². The van der Waals surface area contributed by atoms with Gasteiger partial charge >= 0.3 is 11.9 Å². The fourth-order valence-electron chi connectivity index (χ4n) is 4.75. The SMILES string of the molecule is [2H][C@@]1(C(=O)O[C@@H](C)CC(=O)N[C@@H](C)C(=O)OCC)C[C@H]2C[C@@H](CCc3nn[nH]n3)CC[C@H]2CN1. The van der Waals surface area contributed by atoms with Crippen molar-refractivity contribution in [2.45, 2.75) is 83.9 Å². The molecule has 0 radical (unpaired) electrons. The van der Waals surface area contributed by atoms with Crippen LogP contribution >= 0.6 is 0 Å². The summed E-state index contributed by atoms with van der Waals surface area (Å²) < 4.78 is 19.1. The lowest BCUT2D eigenvalue weighted by Gasteiger charge is -2.42. The first-order chi connectivity index (χ1) is 16.2. The number of aromatic nitrogens is 4. The molecule has 3 rings (SSSR count). The molecule has 11 nitrogen and oxygen atoms in total. The molecule has 1 aromatic rings. The number of carbonyl (C=O) groups excluding carboxylic acids is 3. The monoisotopic (exact) mass is 465 g/mol. The number of aryl methyl sites for hydroxylation is 1. The number of tetrazole rings is 1. The van der Waals surface area contributed by atoms with Gasteiger partial charge < -0.3 is 20.1 Å². The number of carbonyl (C=O) groups is 3. The second-order valence-corrected chi connectivity index (χ2v) is 9.09. The van der Waals surface area contributed by atoms with Crippen LogP contribution in [0.3, 0.4) is 0 Å². The van der Waals surface area contributed by atoms with Crippen molar-refractivity contribution in [3.05, 3.63) is 5.82 Å². The molecular formula is C22H36N6O5. The standard InChI is InChI=1S/C22H36N6O5/c1-4-32-21(30)14(3)24-20(29)9-13(2)33-22(31)18-11-17-10-15(5-7-16(17)12-23-18)6-8-19-25-27-28-26-19/h13-18,23H,4-12H2,1-3H3,(H,24,29)(H,25,26,27,28)/t13-,14-,15+,16-,17+,18-/m0/s1/i18D. The van der Waals surface area contributed by atoms with Crippen LogP contribution in [0.15, 0.2) is 0 Å². The Morgan fingerprint density at radius 2 is 2.06 bits per heavy atom.